The van der Waals surface area contributed by atoms with E-state index in [1.807, 2.05) is 25.1 Å². The second kappa shape index (κ2) is 11.0. The van der Waals surface area contributed by atoms with Crippen molar-refractivity contribution in [1.82, 2.24) is 15.1 Å². The predicted octanol–water partition coefficient (Wildman–Crippen LogP) is 4.29. The highest BCUT2D eigenvalue weighted by Crippen LogP contribution is 2.29. The summed E-state index contributed by atoms with van der Waals surface area (Å²) in [7, 11) is 3.95. The fourth-order valence-electron chi connectivity index (χ4n) is 3.76. The molecule has 0 atom stereocenters. The molecule has 6 heteroatoms. The molecule has 1 aliphatic rings. The van der Waals surface area contributed by atoms with E-state index in [1.54, 1.807) is 12.1 Å². The topological polar surface area (TPSA) is 44.8 Å². The lowest BCUT2D eigenvalue weighted by molar-refractivity contribution is 0.0948. The Hall–Kier alpha value is -2.08. The molecule has 2 aromatic rings. The number of aryl methyl sites for hydroxylation is 2. The largest absolute Gasteiger partial charge is 0.489 e. The number of rotatable bonds is 8. The van der Waals surface area contributed by atoms with Crippen molar-refractivity contribution in [1.29, 1.82) is 0 Å². The number of benzene rings is 2. The minimum atomic E-state index is -0.116. The molecule has 0 aliphatic carbocycles. The standard InChI is InChI=1S/C25H34ClN3O2/c1-18-5-6-20(15-19(18)2)17-29-12-9-22(10-13-29)31-24-8-7-21(16-23(24)26)25(30)27-11-14-28(3)4/h5-8,15-16,22H,9-14,17H2,1-4H3,(H,27,30). The minimum absolute atomic E-state index is 0.116. The van der Waals surface area contributed by atoms with Gasteiger partial charge in [-0.1, -0.05) is 29.8 Å². The van der Waals surface area contributed by atoms with Gasteiger partial charge < -0.3 is 15.0 Å². The minimum Gasteiger partial charge on any atom is -0.489 e. The Morgan fingerprint density at radius 3 is 2.52 bits per heavy atom. The predicted molar refractivity (Wildman–Crippen MR) is 127 cm³/mol. The van der Waals surface area contributed by atoms with Gasteiger partial charge in [0.05, 0.1) is 5.02 Å². The summed E-state index contributed by atoms with van der Waals surface area (Å²) in [4.78, 5) is 16.8. The van der Waals surface area contributed by atoms with Crippen LogP contribution in [0.5, 0.6) is 5.75 Å². The number of likely N-dealkylation sites (tertiary alicyclic amines) is 1. The summed E-state index contributed by atoms with van der Waals surface area (Å²) in [6.45, 7) is 8.69. The molecule has 3 rings (SSSR count). The second-order valence-corrected chi connectivity index (χ2v) is 9.12. The van der Waals surface area contributed by atoms with Crippen molar-refractivity contribution in [3.8, 4) is 5.75 Å². The summed E-state index contributed by atoms with van der Waals surface area (Å²) < 4.78 is 6.17. The van der Waals surface area contributed by atoms with E-state index >= 15 is 0 Å². The molecule has 1 saturated heterocycles. The van der Waals surface area contributed by atoms with Crippen molar-refractivity contribution in [2.45, 2.75) is 39.3 Å². The van der Waals surface area contributed by atoms with Gasteiger partial charge in [0.1, 0.15) is 11.9 Å². The third kappa shape index (κ3) is 6.96. The number of halogens is 1. The number of likely N-dealkylation sites (N-methyl/N-ethyl adjacent to an activating group) is 1. The molecule has 1 fully saturated rings. The molecule has 1 N–H and O–H groups in total. The van der Waals surface area contributed by atoms with E-state index in [9.17, 15) is 4.79 Å². The molecule has 5 nitrogen and oxygen atoms in total. The van der Waals surface area contributed by atoms with Gasteiger partial charge >= 0.3 is 0 Å². The molecule has 2 aromatic carbocycles. The first-order valence-corrected chi connectivity index (χ1v) is 11.4. The molecule has 1 aliphatic heterocycles. The van der Waals surface area contributed by atoms with Crippen LogP contribution in [0, 0.1) is 13.8 Å². The van der Waals surface area contributed by atoms with Crippen LogP contribution in [0.25, 0.3) is 0 Å². The van der Waals surface area contributed by atoms with Crippen LogP contribution in [-0.2, 0) is 6.54 Å². The Balaban J connectivity index is 1.48. The molecule has 0 radical (unpaired) electrons. The van der Waals surface area contributed by atoms with Gasteiger partial charge in [-0.2, -0.15) is 0 Å². The zero-order chi connectivity index (χ0) is 22.4. The van der Waals surface area contributed by atoms with Gasteiger partial charge in [-0.25, -0.2) is 0 Å². The van der Waals surface area contributed by atoms with Gasteiger partial charge in [-0.3, -0.25) is 9.69 Å². The number of carbonyl (C=O) groups is 1. The van der Waals surface area contributed by atoms with Crippen molar-refractivity contribution in [3.63, 3.8) is 0 Å². The fraction of sp³-hybridized carbons (Fsp3) is 0.480. The smallest absolute Gasteiger partial charge is 0.251 e. The summed E-state index contributed by atoms with van der Waals surface area (Å²) in [6.07, 6.45) is 2.08. The van der Waals surface area contributed by atoms with Crippen molar-refractivity contribution in [3.05, 3.63) is 63.7 Å². The van der Waals surface area contributed by atoms with Crippen molar-refractivity contribution < 1.29 is 9.53 Å². The molecular weight excluding hydrogens is 410 g/mol. The van der Waals surface area contributed by atoms with E-state index in [4.69, 9.17) is 16.3 Å². The van der Waals surface area contributed by atoms with Crippen LogP contribution >= 0.6 is 11.6 Å². The van der Waals surface area contributed by atoms with Crippen molar-refractivity contribution in [2.24, 2.45) is 0 Å². The molecule has 168 valence electrons. The average Bonchev–Trinajstić information content (AvgIpc) is 2.73. The van der Waals surface area contributed by atoms with Crippen LogP contribution in [0.3, 0.4) is 0 Å². The van der Waals surface area contributed by atoms with E-state index in [2.05, 4.69) is 42.3 Å². The Kier molecular flexibility index (Phi) is 8.35. The molecule has 0 bridgehead atoms. The van der Waals surface area contributed by atoms with Crippen molar-refractivity contribution >= 4 is 17.5 Å². The van der Waals surface area contributed by atoms with Crippen LogP contribution in [-0.4, -0.2) is 62.1 Å². The van der Waals surface area contributed by atoms with Gasteiger partial charge in [0.25, 0.3) is 5.91 Å². The Morgan fingerprint density at radius 1 is 1.13 bits per heavy atom. The lowest BCUT2D eigenvalue weighted by Crippen LogP contribution is -2.37. The lowest BCUT2D eigenvalue weighted by atomic mass is 10.0. The molecule has 0 saturated carbocycles. The van der Waals surface area contributed by atoms with E-state index in [0.29, 0.717) is 22.9 Å². The Labute approximate surface area is 191 Å². The van der Waals surface area contributed by atoms with Crippen LogP contribution in [0.1, 0.15) is 39.9 Å². The third-order valence-electron chi connectivity index (χ3n) is 5.84. The summed E-state index contributed by atoms with van der Waals surface area (Å²) in [6, 6.07) is 12.0. The molecular formula is C25H34ClN3O2. The highest BCUT2D eigenvalue weighted by molar-refractivity contribution is 6.32. The second-order valence-electron chi connectivity index (χ2n) is 8.72. The van der Waals surface area contributed by atoms with Crippen LogP contribution in [0.2, 0.25) is 5.02 Å². The normalized spacial score (nSPS) is 15.3. The Bertz CT molecular complexity index is 892. The number of carbonyl (C=O) groups excluding carboxylic acids is 1. The van der Waals surface area contributed by atoms with Crippen molar-refractivity contribution in [2.75, 3.05) is 40.3 Å². The number of hydrogen-bond donors (Lipinski definition) is 1. The van der Waals surface area contributed by atoms with E-state index in [0.717, 1.165) is 39.0 Å². The quantitative estimate of drug-likeness (QED) is 0.661. The zero-order valence-corrected chi connectivity index (χ0v) is 19.8. The molecule has 0 aromatic heterocycles. The van der Waals surface area contributed by atoms with E-state index < -0.39 is 0 Å². The first-order valence-electron chi connectivity index (χ1n) is 11.0. The average molecular weight is 444 g/mol. The molecule has 1 heterocycles. The third-order valence-corrected chi connectivity index (χ3v) is 6.14. The monoisotopic (exact) mass is 443 g/mol. The molecule has 0 spiro atoms. The van der Waals surface area contributed by atoms with E-state index in [1.165, 1.54) is 16.7 Å². The highest BCUT2D eigenvalue weighted by Gasteiger charge is 2.22. The van der Waals surface area contributed by atoms with Gasteiger partial charge in [-0.15, -0.1) is 0 Å². The number of nitrogens with zero attached hydrogens (tertiary/aromatic N) is 2. The zero-order valence-electron chi connectivity index (χ0n) is 19.1. The van der Waals surface area contributed by atoms with Crippen LogP contribution < -0.4 is 10.1 Å². The summed E-state index contributed by atoms with van der Waals surface area (Å²) in [5.74, 6) is 0.536. The maximum Gasteiger partial charge on any atom is 0.251 e. The van der Waals surface area contributed by atoms with Gasteiger partial charge in [0.15, 0.2) is 0 Å². The number of piperidine rings is 1. The molecule has 1 amide bonds. The number of hydrogen-bond acceptors (Lipinski definition) is 4. The first kappa shape index (κ1) is 23.6. The summed E-state index contributed by atoms with van der Waals surface area (Å²) >= 11 is 6.42. The maximum absolute atomic E-state index is 12.3. The number of ether oxygens (including phenoxy) is 1. The first-order chi connectivity index (χ1) is 14.8. The van der Waals surface area contributed by atoms with Gasteiger partial charge in [-0.05, 0) is 75.7 Å². The SMILES string of the molecule is Cc1ccc(CN2CCC(Oc3ccc(C(=O)NCCN(C)C)cc3Cl)CC2)cc1C. The molecule has 0 unspecified atom stereocenters. The van der Waals surface area contributed by atoms with Crippen LogP contribution in [0.4, 0.5) is 0 Å². The number of amides is 1. The number of nitrogens with one attached hydrogen (secondary N) is 1. The van der Waals surface area contributed by atoms with E-state index in [-0.39, 0.29) is 12.0 Å². The van der Waals surface area contributed by atoms with Crippen LogP contribution in [0.15, 0.2) is 36.4 Å². The summed E-state index contributed by atoms with van der Waals surface area (Å²) in [5.41, 5.74) is 4.61. The van der Waals surface area contributed by atoms with Gasteiger partial charge in [0, 0.05) is 38.3 Å². The Morgan fingerprint density at radius 2 is 1.87 bits per heavy atom. The highest BCUT2D eigenvalue weighted by atomic mass is 35.5. The maximum atomic E-state index is 12.3. The summed E-state index contributed by atoms with van der Waals surface area (Å²) in [5, 5.41) is 3.39. The lowest BCUT2D eigenvalue weighted by Gasteiger charge is -2.32. The molecule has 31 heavy (non-hydrogen) atoms. The van der Waals surface area contributed by atoms with Gasteiger partial charge in [0.2, 0.25) is 0 Å². The fourth-order valence-corrected chi connectivity index (χ4v) is 3.98.